The van der Waals surface area contributed by atoms with Crippen LogP contribution < -0.4 is 4.90 Å². The van der Waals surface area contributed by atoms with E-state index in [2.05, 4.69) is 43.9 Å². The molecule has 1 saturated heterocycles. The average molecular weight is 346 g/mol. The van der Waals surface area contributed by atoms with Crippen LogP contribution in [-0.4, -0.2) is 47.0 Å². The SMILES string of the molecule is CC(C)(C)[C@@]12CCN(C(=O)O)C[C@H]1c1cccc3c1N2CCSC3. The Labute approximate surface area is 148 Å². The third-order valence-electron chi connectivity index (χ3n) is 6.31. The highest BCUT2D eigenvalue weighted by Crippen LogP contribution is 2.60. The zero-order valence-corrected chi connectivity index (χ0v) is 15.5. The lowest BCUT2D eigenvalue weighted by molar-refractivity contribution is 0.0579. The number of nitrogens with zero attached hydrogens (tertiary/aromatic N) is 2. The molecule has 0 aromatic heterocycles. The van der Waals surface area contributed by atoms with Crippen molar-refractivity contribution in [2.45, 2.75) is 44.4 Å². The van der Waals surface area contributed by atoms with Gasteiger partial charge in [-0.25, -0.2) is 4.79 Å². The van der Waals surface area contributed by atoms with Crippen LogP contribution in [0.2, 0.25) is 0 Å². The molecule has 1 N–H and O–H groups in total. The number of carboxylic acid groups (broad SMARTS) is 1. The zero-order valence-electron chi connectivity index (χ0n) is 14.7. The minimum Gasteiger partial charge on any atom is -0.465 e. The predicted octanol–water partition coefficient (Wildman–Crippen LogP) is 4.01. The maximum absolute atomic E-state index is 11.6. The van der Waals surface area contributed by atoms with Gasteiger partial charge < -0.3 is 14.9 Å². The first-order valence-corrected chi connectivity index (χ1v) is 9.97. The lowest BCUT2D eigenvalue weighted by Crippen LogP contribution is -2.64. The molecule has 0 bridgehead atoms. The van der Waals surface area contributed by atoms with E-state index in [1.807, 2.05) is 11.8 Å². The smallest absolute Gasteiger partial charge is 0.407 e. The van der Waals surface area contributed by atoms with Crippen LogP contribution in [0.5, 0.6) is 0 Å². The summed E-state index contributed by atoms with van der Waals surface area (Å²) in [4.78, 5) is 15.9. The summed E-state index contributed by atoms with van der Waals surface area (Å²) in [7, 11) is 0. The highest BCUT2D eigenvalue weighted by molar-refractivity contribution is 7.98. The minimum absolute atomic E-state index is 0.0162. The summed E-state index contributed by atoms with van der Waals surface area (Å²) in [6, 6.07) is 6.66. The van der Waals surface area contributed by atoms with E-state index < -0.39 is 6.09 Å². The Morgan fingerprint density at radius 3 is 2.83 bits per heavy atom. The van der Waals surface area contributed by atoms with Crippen LogP contribution in [0, 0.1) is 5.41 Å². The molecule has 2 atom stereocenters. The monoisotopic (exact) mass is 346 g/mol. The molecule has 3 aliphatic heterocycles. The molecule has 3 heterocycles. The number of para-hydroxylation sites is 1. The van der Waals surface area contributed by atoms with Gasteiger partial charge in [0.25, 0.3) is 0 Å². The van der Waals surface area contributed by atoms with E-state index >= 15 is 0 Å². The van der Waals surface area contributed by atoms with E-state index in [1.165, 1.54) is 16.8 Å². The first kappa shape index (κ1) is 16.1. The highest BCUT2D eigenvalue weighted by atomic mass is 32.2. The normalized spacial score (nSPS) is 29.0. The van der Waals surface area contributed by atoms with Crippen LogP contribution in [0.3, 0.4) is 0 Å². The quantitative estimate of drug-likeness (QED) is 0.771. The summed E-state index contributed by atoms with van der Waals surface area (Å²) >= 11 is 2.01. The van der Waals surface area contributed by atoms with Crippen molar-refractivity contribution < 1.29 is 9.90 Å². The number of fused-ring (bicyclic) bond motifs is 3. The molecule has 1 aromatic rings. The molecule has 0 aliphatic carbocycles. The molecule has 1 aromatic carbocycles. The van der Waals surface area contributed by atoms with Gasteiger partial charge in [-0.2, -0.15) is 11.8 Å². The Morgan fingerprint density at radius 1 is 1.33 bits per heavy atom. The molecule has 4 nitrogen and oxygen atoms in total. The van der Waals surface area contributed by atoms with Gasteiger partial charge in [0.1, 0.15) is 0 Å². The molecule has 0 spiro atoms. The molecule has 0 unspecified atom stereocenters. The molecule has 1 fully saturated rings. The summed E-state index contributed by atoms with van der Waals surface area (Å²) < 4.78 is 0. The molecule has 5 heteroatoms. The van der Waals surface area contributed by atoms with Crippen LogP contribution in [0.15, 0.2) is 18.2 Å². The van der Waals surface area contributed by atoms with Gasteiger partial charge in [0.2, 0.25) is 0 Å². The lowest BCUT2D eigenvalue weighted by atomic mass is 9.62. The molecule has 130 valence electrons. The average Bonchev–Trinajstić information content (AvgIpc) is 2.66. The Bertz CT molecular complexity index is 684. The summed E-state index contributed by atoms with van der Waals surface area (Å²) in [6.45, 7) is 9.32. The van der Waals surface area contributed by atoms with E-state index in [1.54, 1.807) is 4.90 Å². The number of benzene rings is 1. The number of anilines is 1. The predicted molar refractivity (Wildman–Crippen MR) is 99.1 cm³/mol. The number of carbonyl (C=O) groups is 1. The van der Waals surface area contributed by atoms with Gasteiger partial charge in [-0.3, -0.25) is 0 Å². The Morgan fingerprint density at radius 2 is 2.12 bits per heavy atom. The fraction of sp³-hybridized carbons (Fsp3) is 0.632. The van der Waals surface area contributed by atoms with E-state index in [4.69, 9.17) is 0 Å². The fourth-order valence-corrected chi connectivity index (χ4v) is 6.19. The second-order valence-corrected chi connectivity index (χ2v) is 9.37. The number of rotatable bonds is 0. The summed E-state index contributed by atoms with van der Waals surface area (Å²) in [5.41, 5.74) is 4.32. The Balaban J connectivity index is 1.91. The van der Waals surface area contributed by atoms with E-state index in [-0.39, 0.29) is 16.9 Å². The number of amides is 1. The number of thioether (sulfide) groups is 1. The van der Waals surface area contributed by atoms with Crippen molar-refractivity contribution in [3.63, 3.8) is 0 Å². The Hall–Kier alpha value is -1.36. The topological polar surface area (TPSA) is 43.8 Å². The second kappa shape index (κ2) is 5.32. The van der Waals surface area contributed by atoms with E-state index in [0.717, 1.165) is 24.5 Å². The second-order valence-electron chi connectivity index (χ2n) is 8.26. The van der Waals surface area contributed by atoms with Gasteiger partial charge >= 0.3 is 6.09 Å². The molecule has 0 radical (unpaired) electrons. The largest absolute Gasteiger partial charge is 0.465 e. The first-order chi connectivity index (χ1) is 11.4. The highest BCUT2D eigenvalue weighted by Gasteiger charge is 2.60. The third kappa shape index (κ3) is 2.03. The molecular weight excluding hydrogens is 320 g/mol. The molecule has 3 aliphatic rings. The number of piperidine rings is 1. The van der Waals surface area contributed by atoms with Gasteiger partial charge in [0.15, 0.2) is 0 Å². The van der Waals surface area contributed by atoms with Gasteiger partial charge in [-0.1, -0.05) is 39.0 Å². The van der Waals surface area contributed by atoms with Gasteiger partial charge in [-0.15, -0.1) is 0 Å². The van der Waals surface area contributed by atoms with Crippen molar-refractivity contribution in [2.24, 2.45) is 5.41 Å². The lowest BCUT2D eigenvalue weighted by Gasteiger charge is -2.56. The van der Waals surface area contributed by atoms with Gasteiger partial charge in [0.05, 0.1) is 5.54 Å². The Kier molecular flexibility index (Phi) is 3.57. The van der Waals surface area contributed by atoms with Gasteiger partial charge in [0, 0.05) is 42.7 Å². The van der Waals surface area contributed by atoms with Crippen molar-refractivity contribution in [3.05, 3.63) is 29.3 Å². The summed E-state index contributed by atoms with van der Waals surface area (Å²) in [6.07, 6.45) is 0.128. The number of likely N-dealkylation sites (tertiary alicyclic amines) is 1. The van der Waals surface area contributed by atoms with Crippen molar-refractivity contribution >= 4 is 23.5 Å². The number of hydrogen-bond acceptors (Lipinski definition) is 3. The van der Waals surface area contributed by atoms with E-state index in [9.17, 15) is 9.90 Å². The fourth-order valence-electron chi connectivity index (χ4n) is 5.28. The third-order valence-corrected chi connectivity index (χ3v) is 7.29. The van der Waals surface area contributed by atoms with Crippen LogP contribution in [-0.2, 0) is 5.75 Å². The maximum atomic E-state index is 11.6. The molecule has 4 rings (SSSR count). The van der Waals surface area contributed by atoms with Crippen LogP contribution >= 0.6 is 11.8 Å². The van der Waals surface area contributed by atoms with E-state index in [0.29, 0.717) is 13.1 Å². The summed E-state index contributed by atoms with van der Waals surface area (Å²) in [5, 5.41) is 9.54. The van der Waals surface area contributed by atoms with Crippen molar-refractivity contribution in [2.75, 3.05) is 30.3 Å². The molecule has 24 heavy (non-hydrogen) atoms. The first-order valence-electron chi connectivity index (χ1n) is 8.81. The summed E-state index contributed by atoms with van der Waals surface area (Å²) in [5.74, 6) is 2.47. The number of hydrogen-bond donors (Lipinski definition) is 1. The molecular formula is C19H26N2O2S. The molecule has 0 saturated carbocycles. The van der Waals surface area contributed by atoms with Crippen molar-refractivity contribution in [3.8, 4) is 0 Å². The zero-order chi connectivity index (χ0) is 17.1. The van der Waals surface area contributed by atoms with Crippen molar-refractivity contribution in [1.82, 2.24) is 4.90 Å². The van der Waals surface area contributed by atoms with Crippen LogP contribution in [0.25, 0.3) is 0 Å². The maximum Gasteiger partial charge on any atom is 0.407 e. The molecule has 1 amide bonds. The minimum atomic E-state index is -0.781. The van der Waals surface area contributed by atoms with Crippen LogP contribution in [0.4, 0.5) is 10.5 Å². The van der Waals surface area contributed by atoms with Crippen molar-refractivity contribution in [1.29, 1.82) is 0 Å². The van der Waals surface area contributed by atoms with Gasteiger partial charge in [-0.05, 0) is 23.0 Å². The standard InChI is InChI=1S/C19H26N2O2S/c1-18(2,3)19-7-8-20(17(22)23)11-15(19)14-6-4-5-13-12-24-10-9-21(19)16(13)14/h4-6,15H,7-12H2,1-3H3,(H,22,23)/t15-,19+/m0/s1. The van der Waals surface area contributed by atoms with Crippen LogP contribution in [0.1, 0.15) is 44.2 Å².